The molecule has 114 valence electrons. The lowest BCUT2D eigenvalue weighted by atomic mass is 9.81. The minimum Gasteiger partial charge on any atom is -0.330 e. The molecule has 0 aliphatic carbocycles. The zero-order valence-electron chi connectivity index (χ0n) is 13.3. The molecule has 1 aliphatic rings. The van der Waals surface area contributed by atoms with E-state index in [1.54, 1.807) is 0 Å². The molecule has 1 atom stereocenters. The van der Waals surface area contributed by atoms with E-state index in [1.807, 2.05) is 19.9 Å². The molecular formula is C15H23N5O. The Morgan fingerprint density at radius 3 is 2.29 bits per heavy atom. The molecule has 1 aliphatic heterocycles. The van der Waals surface area contributed by atoms with E-state index >= 15 is 0 Å². The maximum atomic E-state index is 12.7. The molecule has 0 bridgehead atoms. The minimum absolute atomic E-state index is 0.0876. The summed E-state index contributed by atoms with van der Waals surface area (Å²) in [4.78, 5) is 21.3. The van der Waals surface area contributed by atoms with Crippen molar-refractivity contribution in [1.29, 1.82) is 0 Å². The Hall–Kier alpha value is -1.82. The number of anilines is 1. The van der Waals surface area contributed by atoms with E-state index in [2.05, 4.69) is 35.8 Å². The minimum atomic E-state index is -0.278. The summed E-state index contributed by atoms with van der Waals surface area (Å²) in [6.07, 6.45) is 0.593. The van der Waals surface area contributed by atoms with Gasteiger partial charge in [-0.15, -0.1) is 0 Å². The number of rotatable bonds is 3. The molecule has 0 spiro atoms. The van der Waals surface area contributed by atoms with Crippen LogP contribution in [-0.4, -0.2) is 28.1 Å². The van der Waals surface area contributed by atoms with E-state index in [1.165, 1.54) is 5.01 Å². The number of aryl methyl sites for hydroxylation is 2. The van der Waals surface area contributed by atoms with Crippen LogP contribution in [0.4, 0.5) is 5.95 Å². The lowest BCUT2D eigenvalue weighted by Gasteiger charge is -2.21. The van der Waals surface area contributed by atoms with Crippen LogP contribution in [0, 0.1) is 25.2 Å². The van der Waals surface area contributed by atoms with Crippen molar-refractivity contribution in [3.8, 4) is 0 Å². The second-order valence-electron chi connectivity index (χ2n) is 6.47. The SMILES string of the molecule is Cc1cc(C)nc(N2N=C(C(C)(C)C)C(CCN)C2=O)n1. The van der Waals surface area contributed by atoms with Crippen molar-refractivity contribution in [2.45, 2.75) is 41.0 Å². The van der Waals surface area contributed by atoms with Gasteiger partial charge in [-0.05, 0) is 32.9 Å². The highest BCUT2D eigenvalue weighted by atomic mass is 16.2. The molecule has 1 unspecified atom stereocenters. The Bertz CT molecular complexity index is 568. The number of hydrazone groups is 1. The van der Waals surface area contributed by atoms with Crippen molar-refractivity contribution in [2.75, 3.05) is 11.6 Å². The van der Waals surface area contributed by atoms with Crippen molar-refractivity contribution in [3.05, 3.63) is 17.5 Å². The van der Waals surface area contributed by atoms with Gasteiger partial charge < -0.3 is 5.73 Å². The molecule has 6 heteroatoms. The topological polar surface area (TPSA) is 84.5 Å². The zero-order chi connectivity index (χ0) is 15.8. The fraction of sp³-hybridized carbons (Fsp3) is 0.600. The lowest BCUT2D eigenvalue weighted by molar-refractivity contribution is -0.120. The van der Waals surface area contributed by atoms with E-state index in [0.717, 1.165) is 17.1 Å². The smallest absolute Gasteiger partial charge is 0.259 e. The molecule has 1 amide bonds. The second-order valence-corrected chi connectivity index (χ2v) is 6.47. The van der Waals surface area contributed by atoms with Gasteiger partial charge in [-0.1, -0.05) is 20.8 Å². The van der Waals surface area contributed by atoms with Gasteiger partial charge in [0.25, 0.3) is 11.9 Å². The van der Waals surface area contributed by atoms with Crippen LogP contribution in [0.2, 0.25) is 0 Å². The summed E-state index contributed by atoms with van der Waals surface area (Å²) in [5, 5.41) is 5.85. The molecule has 2 N–H and O–H groups in total. The number of hydrogen-bond acceptors (Lipinski definition) is 5. The second kappa shape index (κ2) is 5.52. The fourth-order valence-electron chi connectivity index (χ4n) is 2.54. The average Bonchev–Trinajstić information content (AvgIpc) is 2.66. The van der Waals surface area contributed by atoms with Gasteiger partial charge in [-0.2, -0.15) is 10.1 Å². The molecular weight excluding hydrogens is 266 g/mol. The first-order chi connectivity index (χ1) is 9.74. The van der Waals surface area contributed by atoms with Crippen LogP contribution in [0.1, 0.15) is 38.6 Å². The van der Waals surface area contributed by atoms with Crippen molar-refractivity contribution >= 4 is 17.6 Å². The molecule has 21 heavy (non-hydrogen) atoms. The van der Waals surface area contributed by atoms with Crippen LogP contribution in [0.25, 0.3) is 0 Å². The van der Waals surface area contributed by atoms with E-state index in [4.69, 9.17) is 5.73 Å². The molecule has 0 fully saturated rings. The molecule has 1 aromatic heterocycles. The predicted molar refractivity (Wildman–Crippen MR) is 83.0 cm³/mol. The van der Waals surface area contributed by atoms with Gasteiger partial charge in [0.05, 0.1) is 11.6 Å². The van der Waals surface area contributed by atoms with Gasteiger partial charge in [-0.25, -0.2) is 9.97 Å². The summed E-state index contributed by atoms with van der Waals surface area (Å²) in [5.41, 5.74) is 7.95. The van der Waals surface area contributed by atoms with E-state index in [-0.39, 0.29) is 17.2 Å². The molecule has 2 heterocycles. The molecule has 2 rings (SSSR count). The Labute approximate surface area is 125 Å². The number of carbonyl (C=O) groups is 1. The average molecular weight is 289 g/mol. The largest absolute Gasteiger partial charge is 0.330 e. The van der Waals surface area contributed by atoms with Crippen molar-refractivity contribution < 1.29 is 4.79 Å². The molecule has 0 saturated carbocycles. The monoisotopic (exact) mass is 289 g/mol. The lowest BCUT2D eigenvalue weighted by Crippen LogP contribution is -2.33. The van der Waals surface area contributed by atoms with Crippen molar-refractivity contribution in [1.82, 2.24) is 9.97 Å². The summed E-state index contributed by atoms with van der Waals surface area (Å²) in [6.45, 7) is 10.4. The first-order valence-electron chi connectivity index (χ1n) is 7.19. The van der Waals surface area contributed by atoms with Gasteiger partial charge in [-0.3, -0.25) is 4.79 Å². The fourth-order valence-corrected chi connectivity index (χ4v) is 2.54. The van der Waals surface area contributed by atoms with Crippen molar-refractivity contribution in [2.24, 2.45) is 22.2 Å². The first-order valence-corrected chi connectivity index (χ1v) is 7.19. The predicted octanol–water partition coefficient (Wildman–Crippen LogP) is 1.81. The van der Waals surface area contributed by atoms with E-state index in [9.17, 15) is 4.79 Å². The highest BCUT2D eigenvalue weighted by molar-refractivity contribution is 6.16. The molecule has 0 saturated heterocycles. The third kappa shape index (κ3) is 3.10. The maximum Gasteiger partial charge on any atom is 0.259 e. The van der Waals surface area contributed by atoms with Crippen LogP contribution in [-0.2, 0) is 4.79 Å². The Kier molecular flexibility index (Phi) is 4.09. The van der Waals surface area contributed by atoms with Gasteiger partial charge in [0.2, 0.25) is 0 Å². The molecule has 0 aromatic carbocycles. The number of aromatic nitrogens is 2. The normalized spacial score (nSPS) is 19.1. The summed E-state index contributed by atoms with van der Waals surface area (Å²) in [5.74, 6) is -0.0198. The van der Waals surface area contributed by atoms with Gasteiger partial charge >= 0.3 is 0 Å². The Balaban J connectivity index is 2.45. The zero-order valence-corrected chi connectivity index (χ0v) is 13.3. The van der Waals surface area contributed by atoms with Crippen LogP contribution >= 0.6 is 0 Å². The molecule has 1 aromatic rings. The number of carbonyl (C=O) groups excluding carboxylic acids is 1. The van der Waals surface area contributed by atoms with Gasteiger partial charge in [0, 0.05) is 16.8 Å². The van der Waals surface area contributed by atoms with Crippen molar-refractivity contribution in [3.63, 3.8) is 0 Å². The van der Waals surface area contributed by atoms with E-state index < -0.39 is 0 Å². The van der Waals surface area contributed by atoms with Crippen LogP contribution in [0.15, 0.2) is 11.2 Å². The number of amides is 1. The standard InChI is InChI=1S/C15H23N5O/c1-9-8-10(2)18-14(17-9)20-13(21)11(6-7-16)12(19-20)15(3,4)5/h8,11H,6-7,16H2,1-5H3. The number of hydrogen-bond donors (Lipinski definition) is 1. The van der Waals surface area contributed by atoms with Crippen LogP contribution < -0.4 is 10.7 Å². The molecule has 0 radical (unpaired) electrons. The third-order valence-electron chi connectivity index (χ3n) is 3.43. The van der Waals surface area contributed by atoms with Gasteiger partial charge in [0.15, 0.2) is 0 Å². The highest BCUT2D eigenvalue weighted by Gasteiger charge is 2.42. The Morgan fingerprint density at radius 2 is 1.81 bits per heavy atom. The van der Waals surface area contributed by atoms with E-state index in [0.29, 0.717) is 18.9 Å². The first kappa shape index (κ1) is 15.6. The maximum absolute atomic E-state index is 12.7. The Morgan fingerprint density at radius 1 is 1.24 bits per heavy atom. The quantitative estimate of drug-likeness (QED) is 0.919. The number of nitrogens with zero attached hydrogens (tertiary/aromatic N) is 4. The van der Waals surface area contributed by atoms with Gasteiger partial charge in [0.1, 0.15) is 0 Å². The number of nitrogens with two attached hydrogens (primary N) is 1. The molecule has 6 nitrogen and oxygen atoms in total. The summed E-state index contributed by atoms with van der Waals surface area (Å²) in [6, 6.07) is 1.87. The van der Waals surface area contributed by atoms with Crippen LogP contribution in [0.5, 0.6) is 0 Å². The highest BCUT2D eigenvalue weighted by Crippen LogP contribution is 2.32. The van der Waals surface area contributed by atoms with Crippen LogP contribution in [0.3, 0.4) is 0 Å². The summed E-state index contributed by atoms with van der Waals surface area (Å²) >= 11 is 0. The summed E-state index contributed by atoms with van der Waals surface area (Å²) < 4.78 is 0. The summed E-state index contributed by atoms with van der Waals surface area (Å²) in [7, 11) is 0. The third-order valence-corrected chi connectivity index (χ3v) is 3.43.